The fourth-order valence-electron chi connectivity index (χ4n) is 2.05. The normalized spacial score (nSPS) is 9.74. The first-order valence-corrected chi connectivity index (χ1v) is 7.19. The highest BCUT2D eigenvalue weighted by molar-refractivity contribution is 5.95. The third-order valence-corrected chi connectivity index (χ3v) is 3.15. The van der Waals surface area contributed by atoms with Gasteiger partial charge in [0.1, 0.15) is 6.42 Å². The van der Waals surface area contributed by atoms with Crippen LogP contribution in [-0.4, -0.2) is 11.8 Å². The monoisotopic (exact) mass is 307 g/mol. The summed E-state index contributed by atoms with van der Waals surface area (Å²) in [6.45, 7) is 2.00. The Hall–Kier alpha value is -3.13. The number of nitrogens with one attached hydrogen (secondary N) is 2. The average Bonchev–Trinajstić information content (AvgIpc) is 2.50. The Balaban J connectivity index is 1.97. The summed E-state index contributed by atoms with van der Waals surface area (Å²) in [5, 5.41) is 13.9. The quantitative estimate of drug-likeness (QED) is 0.890. The van der Waals surface area contributed by atoms with Crippen molar-refractivity contribution >= 4 is 23.2 Å². The molecular weight excluding hydrogens is 290 g/mol. The van der Waals surface area contributed by atoms with E-state index in [-0.39, 0.29) is 24.7 Å². The van der Waals surface area contributed by atoms with Crippen LogP contribution in [0.2, 0.25) is 0 Å². The molecule has 2 amide bonds. The Bertz CT molecular complexity index is 746. The van der Waals surface area contributed by atoms with Gasteiger partial charge in [0, 0.05) is 11.4 Å². The zero-order valence-electron chi connectivity index (χ0n) is 12.8. The van der Waals surface area contributed by atoms with Crippen LogP contribution in [0.3, 0.4) is 0 Å². The highest BCUT2D eigenvalue weighted by Crippen LogP contribution is 2.16. The van der Waals surface area contributed by atoms with E-state index in [1.165, 1.54) is 0 Å². The maximum absolute atomic E-state index is 12.1. The zero-order valence-corrected chi connectivity index (χ0v) is 12.8. The molecule has 2 aromatic carbocycles. The summed E-state index contributed by atoms with van der Waals surface area (Å²) in [7, 11) is 0. The highest BCUT2D eigenvalue weighted by atomic mass is 16.2. The molecule has 23 heavy (non-hydrogen) atoms. The highest BCUT2D eigenvalue weighted by Gasteiger charge is 2.06. The van der Waals surface area contributed by atoms with Crippen molar-refractivity contribution in [2.75, 3.05) is 10.6 Å². The predicted molar refractivity (Wildman–Crippen MR) is 88.8 cm³/mol. The number of carbonyl (C=O) groups excluding carboxylic acids is 2. The molecule has 2 N–H and O–H groups in total. The van der Waals surface area contributed by atoms with Gasteiger partial charge >= 0.3 is 0 Å². The van der Waals surface area contributed by atoms with E-state index in [2.05, 4.69) is 10.6 Å². The van der Waals surface area contributed by atoms with Crippen molar-refractivity contribution in [1.82, 2.24) is 0 Å². The van der Waals surface area contributed by atoms with E-state index in [1.54, 1.807) is 30.3 Å². The van der Waals surface area contributed by atoms with Crippen molar-refractivity contribution in [3.63, 3.8) is 0 Å². The first-order chi connectivity index (χ1) is 11.1. The molecule has 0 atom stereocenters. The van der Waals surface area contributed by atoms with Crippen LogP contribution in [0.15, 0.2) is 48.5 Å². The van der Waals surface area contributed by atoms with Crippen LogP contribution in [-0.2, 0) is 16.0 Å². The van der Waals surface area contributed by atoms with Crippen molar-refractivity contribution in [2.45, 2.75) is 19.8 Å². The lowest BCUT2D eigenvalue weighted by atomic mass is 10.1. The second-order valence-corrected chi connectivity index (χ2v) is 5.17. The molecule has 116 valence electrons. The predicted octanol–water partition coefficient (Wildman–Crippen LogP) is 3.03. The molecule has 2 rings (SSSR count). The molecule has 0 saturated carbocycles. The smallest absolute Gasteiger partial charge is 0.238 e. The number of anilines is 2. The van der Waals surface area contributed by atoms with Crippen LogP contribution in [0.5, 0.6) is 0 Å². The van der Waals surface area contributed by atoms with Gasteiger partial charge in [-0.1, -0.05) is 35.9 Å². The average molecular weight is 307 g/mol. The summed E-state index contributed by atoms with van der Waals surface area (Å²) in [5.41, 5.74) is 3.22. The van der Waals surface area contributed by atoms with Crippen LogP contribution in [0, 0.1) is 18.3 Å². The molecule has 0 spiro atoms. The second kappa shape index (κ2) is 7.76. The summed E-state index contributed by atoms with van der Waals surface area (Å²) in [6.07, 6.45) is 0.0787. The molecule has 0 unspecified atom stereocenters. The van der Waals surface area contributed by atoms with Gasteiger partial charge in [-0.15, -0.1) is 0 Å². The lowest BCUT2D eigenvalue weighted by Crippen LogP contribution is -2.15. The molecule has 0 fully saturated rings. The SMILES string of the molecule is Cc1ccc(CC(=O)Nc2cccc(NC(=O)CC#N)c2)cc1. The fraction of sp³-hybridized carbons (Fsp3) is 0.167. The Labute approximate surface area is 134 Å². The lowest BCUT2D eigenvalue weighted by molar-refractivity contribution is -0.116. The molecule has 0 aliphatic heterocycles. The van der Waals surface area contributed by atoms with Crippen LogP contribution in [0.25, 0.3) is 0 Å². The van der Waals surface area contributed by atoms with E-state index in [0.29, 0.717) is 11.4 Å². The Morgan fingerprint density at radius 1 is 1.00 bits per heavy atom. The molecule has 0 heterocycles. The first-order valence-electron chi connectivity index (χ1n) is 7.19. The summed E-state index contributed by atoms with van der Waals surface area (Å²) >= 11 is 0. The minimum absolute atomic E-state index is 0.130. The van der Waals surface area contributed by atoms with Gasteiger partial charge in [0.2, 0.25) is 11.8 Å². The standard InChI is InChI=1S/C18H17N3O2/c1-13-5-7-14(8-6-13)11-18(23)21-16-4-2-3-15(12-16)20-17(22)9-10-19/h2-8,12H,9,11H2,1H3,(H,20,22)(H,21,23). The number of rotatable bonds is 5. The van der Waals surface area contributed by atoms with Gasteiger partial charge in [-0.25, -0.2) is 0 Å². The summed E-state index contributed by atoms with van der Waals surface area (Å²) in [5.74, 6) is -0.509. The fourth-order valence-corrected chi connectivity index (χ4v) is 2.05. The molecule has 0 saturated heterocycles. The molecule has 5 heteroatoms. The molecule has 2 aromatic rings. The third-order valence-electron chi connectivity index (χ3n) is 3.15. The number of aryl methyl sites for hydroxylation is 1. The summed E-state index contributed by atoms with van der Waals surface area (Å²) in [6, 6.07) is 16.4. The Morgan fingerprint density at radius 3 is 2.22 bits per heavy atom. The Morgan fingerprint density at radius 2 is 1.61 bits per heavy atom. The number of benzene rings is 2. The van der Waals surface area contributed by atoms with Crippen molar-refractivity contribution < 1.29 is 9.59 Å². The number of amides is 2. The minimum atomic E-state index is -0.379. The van der Waals surface area contributed by atoms with Gasteiger partial charge in [0.05, 0.1) is 12.5 Å². The third kappa shape index (κ3) is 5.29. The van der Waals surface area contributed by atoms with Crippen LogP contribution < -0.4 is 10.6 Å². The summed E-state index contributed by atoms with van der Waals surface area (Å²) < 4.78 is 0. The molecule has 0 aliphatic carbocycles. The van der Waals surface area contributed by atoms with Gasteiger partial charge in [-0.05, 0) is 30.7 Å². The van der Waals surface area contributed by atoms with Crippen molar-refractivity contribution in [3.05, 3.63) is 59.7 Å². The Kier molecular flexibility index (Phi) is 5.48. The first kappa shape index (κ1) is 16.2. The molecule has 0 aromatic heterocycles. The van der Waals surface area contributed by atoms with E-state index < -0.39 is 0 Å². The van der Waals surface area contributed by atoms with Crippen LogP contribution in [0.1, 0.15) is 17.5 Å². The van der Waals surface area contributed by atoms with Crippen LogP contribution >= 0.6 is 0 Å². The van der Waals surface area contributed by atoms with E-state index in [0.717, 1.165) is 11.1 Å². The zero-order chi connectivity index (χ0) is 16.7. The maximum atomic E-state index is 12.1. The van der Waals surface area contributed by atoms with Crippen molar-refractivity contribution in [2.24, 2.45) is 0 Å². The van der Waals surface area contributed by atoms with Crippen molar-refractivity contribution in [3.8, 4) is 6.07 Å². The number of nitrogens with zero attached hydrogens (tertiary/aromatic N) is 1. The van der Waals surface area contributed by atoms with Gasteiger partial charge in [0.15, 0.2) is 0 Å². The molecule has 5 nitrogen and oxygen atoms in total. The minimum Gasteiger partial charge on any atom is -0.326 e. The van der Waals surface area contributed by atoms with Gasteiger partial charge in [0.25, 0.3) is 0 Å². The molecule has 0 bridgehead atoms. The lowest BCUT2D eigenvalue weighted by Gasteiger charge is -2.08. The topological polar surface area (TPSA) is 82.0 Å². The van der Waals surface area contributed by atoms with E-state index >= 15 is 0 Å². The maximum Gasteiger partial charge on any atom is 0.238 e. The number of carbonyl (C=O) groups is 2. The van der Waals surface area contributed by atoms with Crippen LogP contribution in [0.4, 0.5) is 11.4 Å². The number of hydrogen-bond acceptors (Lipinski definition) is 3. The van der Waals surface area contributed by atoms with Crippen molar-refractivity contribution in [1.29, 1.82) is 5.26 Å². The van der Waals surface area contributed by atoms with Gasteiger partial charge in [-0.2, -0.15) is 5.26 Å². The molecule has 0 radical (unpaired) electrons. The number of nitriles is 1. The van der Waals surface area contributed by atoms with E-state index in [9.17, 15) is 9.59 Å². The molecular formula is C18H17N3O2. The number of hydrogen-bond donors (Lipinski definition) is 2. The summed E-state index contributed by atoms with van der Waals surface area (Å²) in [4.78, 5) is 23.5. The van der Waals surface area contributed by atoms with Gasteiger partial charge < -0.3 is 10.6 Å². The largest absolute Gasteiger partial charge is 0.326 e. The van der Waals surface area contributed by atoms with Gasteiger partial charge in [-0.3, -0.25) is 9.59 Å². The van der Waals surface area contributed by atoms with E-state index in [4.69, 9.17) is 5.26 Å². The molecule has 0 aliphatic rings. The van der Waals surface area contributed by atoms with E-state index in [1.807, 2.05) is 31.2 Å². The second-order valence-electron chi connectivity index (χ2n) is 5.17.